The van der Waals surface area contributed by atoms with Crippen LogP contribution in [0.15, 0.2) is 71.6 Å². The molecular formula is C20H20N4O2S2. The molecule has 0 unspecified atom stereocenters. The van der Waals surface area contributed by atoms with Crippen molar-refractivity contribution < 1.29 is 9.53 Å². The zero-order valence-corrected chi connectivity index (χ0v) is 16.8. The molecule has 0 aliphatic heterocycles. The normalized spacial score (nSPS) is 10.3. The number of nitrogens with one attached hydrogen (secondary N) is 2. The van der Waals surface area contributed by atoms with E-state index in [0.717, 1.165) is 21.3 Å². The Morgan fingerprint density at radius 1 is 1.14 bits per heavy atom. The molecule has 0 saturated carbocycles. The average Bonchev–Trinajstić information content (AvgIpc) is 3.19. The molecule has 28 heavy (non-hydrogen) atoms. The summed E-state index contributed by atoms with van der Waals surface area (Å²) in [6.45, 7) is 4.78. The van der Waals surface area contributed by atoms with E-state index >= 15 is 0 Å². The fraction of sp³-hybridized carbons (Fsp3) is 0.150. The summed E-state index contributed by atoms with van der Waals surface area (Å²) in [4.78, 5) is 12.1. The van der Waals surface area contributed by atoms with E-state index in [-0.39, 0.29) is 11.7 Å². The Morgan fingerprint density at radius 3 is 2.68 bits per heavy atom. The molecule has 0 bridgehead atoms. The molecule has 144 valence electrons. The number of carbonyl (C=O) groups excluding carboxylic acids is 1. The fourth-order valence-electron chi connectivity index (χ4n) is 2.20. The summed E-state index contributed by atoms with van der Waals surface area (Å²) in [7, 11) is 0. The SMILES string of the molecule is C=CCNc1nnc(SCC(=O)Nc2ccc(OCc3ccccc3)cc2)s1. The van der Waals surface area contributed by atoms with Crippen LogP contribution in [0.5, 0.6) is 5.75 Å². The number of carbonyl (C=O) groups is 1. The summed E-state index contributed by atoms with van der Waals surface area (Å²) in [5.41, 5.74) is 1.83. The van der Waals surface area contributed by atoms with Gasteiger partial charge in [-0.3, -0.25) is 4.79 Å². The van der Waals surface area contributed by atoms with Gasteiger partial charge in [-0.1, -0.05) is 59.5 Å². The lowest BCUT2D eigenvalue weighted by molar-refractivity contribution is -0.113. The van der Waals surface area contributed by atoms with Gasteiger partial charge in [-0.25, -0.2) is 0 Å². The van der Waals surface area contributed by atoms with Crippen LogP contribution in [0.2, 0.25) is 0 Å². The van der Waals surface area contributed by atoms with Crippen molar-refractivity contribution in [2.24, 2.45) is 0 Å². The van der Waals surface area contributed by atoms with Crippen LogP contribution in [-0.2, 0) is 11.4 Å². The smallest absolute Gasteiger partial charge is 0.234 e. The number of thioether (sulfide) groups is 1. The van der Waals surface area contributed by atoms with Crippen molar-refractivity contribution in [2.45, 2.75) is 10.9 Å². The third-order valence-electron chi connectivity index (χ3n) is 3.52. The van der Waals surface area contributed by atoms with Crippen molar-refractivity contribution in [3.05, 3.63) is 72.8 Å². The third-order valence-corrected chi connectivity index (χ3v) is 5.53. The maximum absolute atomic E-state index is 12.1. The van der Waals surface area contributed by atoms with E-state index in [0.29, 0.717) is 18.3 Å². The highest BCUT2D eigenvalue weighted by molar-refractivity contribution is 8.01. The number of hydrogen-bond acceptors (Lipinski definition) is 7. The molecule has 0 saturated heterocycles. The zero-order chi connectivity index (χ0) is 19.6. The lowest BCUT2D eigenvalue weighted by Crippen LogP contribution is -2.13. The minimum Gasteiger partial charge on any atom is -0.489 e. The lowest BCUT2D eigenvalue weighted by atomic mass is 10.2. The highest BCUT2D eigenvalue weighted by Gasteiger charge is 2.08. The summed E-state index contributed by atoms with van der Waals surface area (Å²) in [5, 5.41) is 14.7. The Hall–Kier alpha value is -2.84. The largest absolute Gasteiger partial charge is 0.489 e. The average molecular weight is 413 g/mol. The van der Waals surface area contributed by atoms with Gasteiger partial charge >= 0.3 is 0 Å². The first kappa shape index (κ1) is 19.9. The highest BCUT2D eigenvalue weighted by Crippen LogP contribution is 2.25. The van der Waals surface area contributed by atoms with Crippen LogP contribution in [0.1, 0.15) is 5.56 Å². The van der Waals surface area contributed by atoms with Crippen LogP contribution >= 0.6 is 23.1 Å². The first-order valence-corrected chi connectivity index (χ1v) is 10.4. The summed E-state index contributed by atoms with van der Waals surface area (Å²) >= 11 is 2.77. The van der Waals surface area contributed by atoms with Gasteiger partial charge in [0.25, 0.3) is 0 Å². The molecule has 2 N–H and O–H groups in total. The van der Waals surface area contributed by atoms with Crippen LogP contribution < -0.4 is 15.4 Å². The van der Waals surface area contributed by atoms with Gasteiger partial charge in [0.05, 0.1) is 5.75 Å². The van der Waals surface area contributed by atoms with Crippen molar-refractivity contribution in [3.63, 3.8) is 0 Å². The van der Waals surface area contributed by atoms with E-state index in [4.69, 9.17) is 4.74 Å². The highest BCUT2D eigenvalue weighted by atomic mass is 32.2. The van der Waals surface area contributed by atoms with Crippen molar-refractivity contribution in [1.29, 1.82) is 0 Å². The number of benzene rings is 2. The Morgan fingerprint density at radius 2 is 1.93 bits per heavy atom. The number of anilines is 2. The molecule has 0 aliphatic carbocycles. The maximum Gasteiger partial charge on any atom is 0.234 e. The van der Waals surface area contributed by atoms with Crippen LogP contribution in [0, 0.1) is 0 Å². The number of rotatable bonds is 10. The van der Waals surface area contributed by atoms with Gasteiger partial charge in [-0.2, -0.15) is 0 Å². The summed E-state index contributed by atoms with van der Waals surface area (Å²) < 4.78 is 6.49. The monoisotopic (exact) mass is 412 g/mol. The van der Waals surface area contributed by atoms with E-state index in [1.807, 2.05) is 54.6 Å². The van der Waals surface area contributed by atoms with E-state index in [1.165, 1.54) is 23.1 Å². The molecule has 3 aromatic rings. The molecule has 0 radical (unpaired) electrons. The molecular weight excluding hydrogens is 392 g/mol. The van der Waals surface area contributed by atoms with Gasteiger partial charge < -0.3 is 15.4 Å². The van der Waals surface area contributed by atoms with Gasteiger partial charge in [0.1, 0.15) is 12.4 Å². The Labute approximate surface area is 172 Å². The van der Waals surface area contributed by atoms with Crippen molar-refractivity contribution in [1.82, 2.24) is 10.2 Å². The molecule has 1 heterocycles. The molecule has 6 nitrogen and oxygen atoms in total. The minimum absolute atomic E-state index is 0.0984. The van der Waals surface area contributed by atoms with Gasteiger partial charge in [-0.05, 0) is 29.8 Å². The van der Waals surface area contributed by atoms with E-state index in [2.05, 4.69) is 27.4 Å². The minimum atomic E-state index is -0.0984. The fourth-order valence-corrected chi connectivity index (χ4v) is 3.76. The predicted molar refractivity (Wildman–Crippen MR) is 115 cm³/mol. The molecule has 0 atom stereocenters. The summed E-state index contributed by atoms with van der Waals surface area (Å²) in [5.74, 6) is 0.922. The Kier molecular flexibility index (Phi) is 7.45. The standard InChI is InChI=1S/C20H20N4O2S2/c1-2-12-21-19-23-24-20(28-19)27-14-18(25)22-16-8-10-17(11-9-16)26-13-15-6-4-3-5-7-15/h2-11H,1,12-14H2,(H,21,23)(H,22,25). The van der Waals surface area contributed by atoms with Crippen LogP contribution in [0.3, 0.4) is 0 Å². The summed E-state index contributed by atoms with van der Waals surface area (Å²) in [6, 6.07) is 17.3. The Balaban J connectivity index is 1.42. The van der Waals surface area contributed by atoms with Gasteiger partial charge in [0.2, 0.25) is 11.0 Å². The summed E-state index contributed by atoms with van der Waals surface area (Å²) in [6.07, 6.45) is 1.75. The van der Waals surface area contributed by atoms with Crippen molar-refractivity contribution >= 4 is 39.8 Å². The number of nitrogens with zero attached hydrogens (tertiary/aromatic N) is 2. The van der Waals surface area contributed by atoms with Gasteiger partial charge in [0, 0.05) is 12.2 Å². The second-order valence-electron chi connectivity index (χ2n) is 5.68. The molecule has 1 aromatic heterocycles. The van der Waals surface area contributed by atoms with Crippen LogP contribution in [0.4, 0.5) is 10.8 Å². The van der Waals surface area contributed by atoms with Gasteiger partial charge in [-0.15, -0.1) is 16.8 Å². The zero-order valence-electron chi connectivity index (χ0n) is 15.1. The predicted octanol–water partition coefficient (Wildman–Crippen LogP) is 4.45. The topological polar surface area (TPSA) is 76.1 Å². The molecule has 8 heteroatoms. The first-order valence-electron chi connectivity index (χ1n) is 8.60. The molecule has 3 rings (SSSR count). The molecule has 0 fully saturated rings. The maximum atomic E-state index is 12.1. The van der Waals surface area contributed by atoms with E-state index < -0.39 is 0 Å². The molecule has 2 aromatic carbocycles. The quantitative estimate of drug-likeness (QED) is 0.379. The van der Waals surface area contributed by atoms with Gasteiger partial charge in [0.15, 0.2) is 4.34 Å². The lowest BCUT2D eigenvalue weighted by Gasteiger charge is -2.08. The second kappa shape index (κ2) is 10.5. The van der Waals surface area contributed by atoms with Crippen molar-refractivity contribution in [3.8, 4) is 5.75 Å². The van der Waals surface area contributed by atoms with Crippen LogP contribution in [-0.4, -0.2) is 28.4 Å². The second-order valence-corrected chi connectivity index (χ2v) is 7.88. The third kappa shape index (κ3) is 6.40. The van der Waals surface area contributed by atoms with Crippen LogP contribution in [0.25, 0.3) is 0 Å². The number of hydrogen-bond donors (Lipinski definition) is 2. The number of amides is 1. The number of aromatic nitrogens is 2. The molecule has 0 spiro atoms. The van der Waals surface area contributed by atoms with E-state index in [9.17, 15) is 4.79 Å². The molecule has 0 aliphatic rings. The number of ether oxygens (including phenoxy) is 1. The van der Waals surface area contributed by atoms with E-state index in [1.54, 1.807) is 6.08 Å². The molecule has 1 amide bonds. The van der Waals surface area contributed by atoms with Crippen molar-refractivity contribution in [2.75, 3.05) is 22.9 Å². The first-order chi connectivity index (χ1) is 13.7. The Bertz CT molecular complexity index is 898.